The highest BCUT2D eigenvalue weighted by atomic mass is 32.2. The van der Waals surface area contributed by atoms with Gasteiger partial charge in [0.15, 0.2) is 0 Å². The molecule has 0 saturated heterocycles. The minimum absolute atomic E-state index is 0.430. The minimum Gasteiger partial charge on any atom is -0.220 e. The maximum atomic E-state index is 7.80. The Bertz CT molecular complexity index is 214. The van der Waals surface area contributed by atoms with Crippen molar-refractivity contribution in [2.24, 2.45) is 0 Å². The summed E-state index contributed by atoms with van der Waals surface area (Å²) in [6, 6.07) is 7.03. The number of hydrogen-bond acceptors (Lipinski definition) is 4. The third-order valence-corrected chi connectivity index (χ3v) is 1.44. The molecular formula is C6H6O3S. The molecular weight excluding hydrogens is 152 g/mol. The van der Waals surface area contributed by atoms with Crippen molar-refractivity contribution in [2.45, 2.75) is 4.90 Å². The molecule has 1 aromatic rings. The molecule has 0 bridgehead atoms. The van der Waals surface area contributed by atoms with Crippen LogP contribution in [-0.4, -0.2) is 5.26 Å². The second-order valence-electron chi connectivity index (χ2n) is 1.46. The van der Waals surface area contributed by atoms with Gasteiger partial charge in [-0.05, 0) is 12.1 Å². The third kappa shape index (κ3) is 2.36. The fourth-order valence-corrected chi connectivity index (χ4v) is 0.838. The van der Waals surface area contributed by atoms with Crippen LogP contribution < -0.4 is 0 Å². The summed E-state index contributed by atoms with van der Waals surface area (Å²) >= 11 is 0.874. The number of rotatable bonds is 3. The van der Waals surface area contributed by atoms with E-state index >= 15 is 0 Å². The average molecular weight is 160 g/mol. The van der Waals surface area contributed by atoms with Crippen LogP contribution in [0.3, 0.4) is 0 Å². The van der Waals surface area contributed by atoms with E-state index in [1.165, 1.54) is 0 Å². The van der Waals surface area contributed by atoms with Crippen LogP contribution in [0.4, 0.5) is 0 Å². The van der Waals surface area contributed by atoms with Crippen molar-refractivity contribution in [3.63, 3.8) is 0 Å². The first-order valence-electron chi connectivity index (χ1n) is 3.04. The normalized spacial score (nSPS) is 11.1. The monoisotopic (exact) mass is 160 g/mol. The summed E-state index contributed by atoms with van der Waals surface area (Å²) in [5.74, 6) is 0. The lowest BCUT2D eigenvalue weighted by atomic mass is 10.4. The molecule has 3 nitrogen and oxygen atoms in total. The van der Waals surface area contributed by atoms with Gasteiger partial charge in [-0.25, -0.2) is 5.26 Å². The molecule has 0 atom stereocenters. The second kappa shape index (κ2) is 4.29. The van der Waals surface area contributed by atoms with Crippen LogP contribution >= 0.6 is 12.0 Å². The number of hydrogen-bond donors (Lipinski definition) is 1. The van der Waals surface area contributed by atoms with Gasteiger partial charge in [0, 0.05) is 4.90 Å². The maximum absolute atomic E-state index is 7.80. The van der Waals surface area contributed by atoms with E-state index in [9.17, 15) is 0 Å². The third-order valence-electron chi connectivity index (χ3n) is 0.848. The summed E-state index contributed by atoms with van der Waals surface area (Å²) in [4.78, 5) is 0.759. The van der Waals surface area contributed by atoms with E-state index in [-0.39, 0.29) is 0 Å². The van der Waals surface area contributed by atoms with Gasteiger partial charge < -0.3 is 0 Å². The summed E-state index contributed by atoms with van der Waals surface area (Å²) in [6.07, 6.45) is 0. The lowest BCUT2D eigenvalue weighted by Crippen LogP contribution is -1.76. The van der Waals surface area contributed by atoms with Crippen molar-refractivity contribution in [3.05, 3.63) is 30.3 Å². The Morgan fingerprint density at radius 2 is 2.20 bits per heavy atom. The molecule has 0 aromatic heterocycles. The Labute approximate surface area is 64.0 Å². The fraction of sp³-hybridized carbons (Fsp3) is 0. The Balaban J connectivity index is 2.52. The molecule has 0 aliphatic carbocycles. The molecule has 0 amide bonds. The Hall–Kier alpha value is -0.550. The molecule has 0 radical (unpaired) electrons. The molecule has 1 aromatic carbocycles. The van der Waals surface area contributed by atoms with Gasteiger partial charge in [-0.3, -0.25) is 0 Å². The van der Waals surface area contributed by atoms with Crippen molar-refractivity contribution in [3.8, 4) is 0 Å². The molecule has 54 valence electrons. The molecule has 0 aliphatic heterocycles. The van der Waals surface area contributed by atoms with E-state index in [2.05, 4.69) is 9.37 Å². The molecule has 1 N–H and O–H groups in total. The van der Waals surface area contributed by atoms with Crippen molar-refractivity contribution in [1.29, 1.82) is 0 Å². The van der Waals surface area contributed by atoms with Crippen LogP contribution in [0.5, 0.6) is 0 Å². The van der Waals surface area contributed by atoms with Crippen LogP contribution in [0.25, 0.3) is 0 Å². The predicted octanol–water partition coefficient (Wildman–Crippen LogP) is 2.11. The lowest BCUT2D eigenvalue weighted by Gasteiger charge is -1.93. The highest BCUT2D eigenvalue weighted by Gasteiger charge is 1.90. The van der Waals surface area contributed by atoms with Crippen LogP contribution in [0, 0.1) is 0 Å². The summed E-state index contributed by atoms with van der Waals surface area (Å²) in [5, 5.41) is 11.2. The van der Waals surface area contributed by atoms with Crippen LogP contribution in [0.2, 0.25) is 0 Å². The molecule has 0 fully saturated rings. The highest BCUT2D eigenvalue weighted by molar-refractivity contribution is 7.94. The summed E-state index contributed by atoms with van der Waals surface area (Å²) in [7, 11) is 0. The largest absolute Gasteiger partial charge is 0.220 e. The fourth-order valence-electron chi connectivity index (χ4n) is 0.482. The molecule has 0 aliphatic rings. The first-order chi connectivity index (χ1) is 5.33. The standard InChI is InChI=1S/C6H6O3S/c7-8-9-10-6-4-2-1-3-5-6/h1-5,7H/i1T. The Morgan fingerprint density at radius 1 is 1.50 bits per heavy atom. The van der Waals surface area contributed by atoms with Crippen LogP contribution in [-0.2, 0) is 9.37 Å². The molecule has 0 saturated carbocycles. The minimum atomic E-state index is 0.430. The molecule has 10 heavy (non-hydrogen) atoms. The number of benzene rings is 1. The first-order valence-corrected chi connectivity index (χ1v) is 3.28. The molecule has 1 rings (SSSR count). The quantitative estimate of drug-likeness (QED) is 0.417. The Kier molecular flexibility index (Phi) is 2.65. The summed E-state index contributed by atoms with van der Waals surface area (Å²) in [5.41, 5.74) is 0. The zero-order valence-electron chi connectivity index (χ0n) is 5.98. The molecule has 0 heterocycles. The maximum Gasteiger partial charge on any atom is 0.0714 e. The van der Waals surface area contributed by atoms with Crippen molar-refractivity contribution in [1.82, 2.24) is 0 Å². The van der Waals surface area contributed by atoms with Gasteiger partial charge in [-0.2, -0.15) is 0 Å². The zero-order valence-corrected chi connectivity index (χ0v) is 5.80. The Morgan fingerprint density at radius 3 is 2.80 bits per heavy atom. The van der Waals surface area contributed by atoms with E-state index in [4.69, 9.17) is 6.63 Å². The zero-order chi connectivity index (χ0) is 8.10. The smallest absolute Gasteiger partial charge is 0.0714 e. The predicted molar refractivity (Wildman–Crippen MR) is 37.1 cm³/mol. The lowest BCUT2D eigenvalue weighted by molar-refractivity contribution is -0.432. The van der Waals surface area contributed by atoms with E-state index in [0.29, 0.717) is 6.04 Å². The van der Waals surface area contributed by atoms with Gasteiger partial charge in [-0.1, -0.05) is 23.2 Å². The average Bonchev–Trinajstić information content (AvgIpc) is 2.04. The van der Waals surface area contributed by atoms with E-state index < -0.39 is 0 Å². The highest BCUT2D eigenvalue weighted by Crippen LogP contribution is 2.17. The SMILES string of the molecule is [3H]c1ccc(SOOO)cc1. The van der Waals surface area contributed by atoms with Gasteiger partial charge in [0.05, 0.1) is 13.4 Å². The van der Waals surface area contributed by atoms with E-state index in [1.807, 2.05) is 0 Å². The topological polar surface area (TPSA) is 38.7 Å². The van der Waals surface area contributed by atoms with Crippen LogP contribution in [0.1, 0.15) is 1.37 Å². The summed E-state index contributed by atoms with van der Waals surface area (Å²) in [6.45, 7) is 0. The van der Waals surface area contributed by atoms with Gasteiger partial charge in [0.25, 0.3) is 0 Å². The van der Waals surface area contributed by atoms with Crippen molar-refractivity contribution in [2.75, 3.05) is 0 Å². The summed E-state index contributed by atoms with van der Waals surface area (Å²) < 4.78 is 11.3. The van der Waals surface area contributed by atoms with E-state index in [1.54, 1.807) is 24.3 Å². The van der Waals surface area contributed by atoms with E-state index in [0.717, 1.165) is 16.9 Å². The second-order valence-corrected chi connectivity index (χ2v) is 2.24. The molecule has 0 unspecified atom stereocenters. The van der Waals surface area contributed by atoms with Gasteiger partial charge in [-0.15, -0.1) is 4.33 Å². The van der Waals surface area contributed by atoms with Gasteiger partial charge >= 0.3 is 0 Å². The van der Waals surface area contributed by atoms with Crippen molar-refractivity contribution >= 4 is 12.0 Å². The first kappa shape index (κ1) is 6.18. The molecule has 0 spiro atoms. The van der Waals surface area contributed by atoms with Gasteiger partial charge in [0.1, 0.15) is 0 Å². The van der Waals surface area contributed by atoms with Gasteiger partial charge in [0.2, 0.25) is 0 Å². The van der Waals surface area contributed by atoms with Crippen LogP contribution in [0.15, 0.2) is 35.2 Å². The van der Waals surface area contributed by atoms with Crippen molar-refractivity contribution < 1.29 is 16.0 Å². The molecule has 4 heteroatoms.